The number of sulfonamides is 1. The molecule has 0 aliphatic rings. The van der Waals surface area contributed by atoms with Gasteiger partial charge in [-0.25, -0.2) is 13.1 Å². The minimum absolute atomic E-state index is 0.0154. The van der Waals surface area contributed by atoms with Crippen LogP contribution in [0.5, 0.6) is 17.6 Å². The molecule has 26 heavy (non-hydrogen) atoms. The molecule has 0 aliphatic carbocycles. The summed E-state index contributed by atoms with van der Waals surface area (Å²) in [5.41, 5.74) is 0.449. The first-order chi connectivity index (χ1) is 12.1. The van der Waals surface area contributed by atoms with Crippen LogP contribution in [0.1, 0.15) is 29.9 Å². The molecule has 0 aliphatic heterocycles. The standard InChI is InChI=1S/C16H18ClN3O5S/c1-9(2)26(22,23)20-15(21)14-11(17)6-5-7-12(14)25-16-18-10(3)8-13(19-16)24-4/h5-9H,1-4H3,(H,20,21). The van der Waals surface area contributed by atoms with Crippen molar-refractivity contribution in [3.8, 4) is 17.6 Å². The van der Waals surface area contributed by atoms with E-state index in [-0.39, 0.29) is 28.2 Å². The monoisotopic (exact) mass is 399 g/mol. The fourth-order valence-electron chi connectivity index (χ4n) is 1.87. The normalized spacial score (nSPS) is 11.3. The van der Waals surface area contributed by atoms with Crippen molar-refractivity contribution >= 4 is 27.5 Å². The zero-order chi connectivity index (χ0) is 19.5. The molecule has 1 N–H and O–H groups in total. The van der Waals surface area contributed by atoms with Gasteiger partial charge in [0.15, 0.2) is 0 Å². The Morgan fingerprint density at radius 1 is 1.27 bits per heavy atom. The molecular weight excluding hydrogens is 382 g/mol. The van der Waals surface area contributed by atoms with Gasteiger partial charge in [-0.1, -0.05) is 17.7 Å². The average molecular weight is 400 g/mol. The first kappa shape index (κ1) is 19.9. The van der Waals surface area contributed by atoms with Gasteiger partial charge in [-0.15, -0.1) is 0 Å². The summed E-state index contributed by atoms with van der Waals surface area (Å²) in [5.74, 6) is -0.608. The molecule has 8 nitrogen and oxygen atoms in total. The highest BCUT2D eigenvalue weighted by Gasteiger charge is 2.25. The lowest BCUT2D eigenvalue weighted by atomic mass is 10.2. The molecule has 0 spiro atoms. The maximum absolute atomic E-state index is 12.5. The molecule has 1 heterocycles. The third kappa shape index (κ3) is 4.61. The fraction of sp³-hybridized carbons (Fsp3) is 0.312. The average Bonchev–Trinajstić information content (AvgIpc) is 2.53. The molecule has 2 aromatic rings. The quantitative estimate of drug-likeness (QED) is 0.795. The number of amides is 1. The summed E-state index contributed by atoms with van der Waals surface area (Å²) in [6, 6.07) is 6.00. The maximum Gasteiger partial charge on any atom is 0.325 e. The lowest BCUT2D eigenvalue weighted by Gasteiger charge is -2.14. The first-order valence-electron chi connectivity index (χ1n) is 7.56. The molecule has 1 aromatic heterocycles. The molecule has 0 fully saturated rings. The van der Waals surface area contributed by atoms with Gasteiger partial charge in [0, 0.05) is 11.8 Å². The number of aromatic nitrogens is 2. The van der Waals surface area contributed by atoms with E-state index in [9.17, 15) is 13.2 Å². The highest BCUT2D eigenvalue weighted by atomic mass is 35.5. The number of ether oxygens (including phenoxy) is 2. The summed E-state index contributed by atoms with van der Waals surface area (Å²) in [4.78, 5) is 20.6. The summed E-state index contributed by atoms with van der Waals surface area (Å²) < 4.78 is 36.5. The van der Waals surface area contributed by atoms with Crippen molar-refractivity contribution in [2.75, 3.05) is 7.11 Å². The second-order valence-electron chi connectivity index (χ2n) is 5.57. The number of rotatable bonds is 6. The SMILES string of the molecule is COc1cc(C)nc(Oc2cccc(Cl)c2C(=O)NS(=O)(=O)C(C)C)n1. The van der Waals surface area contributed by atoms with Crippen LogP contribution in [0.4, 0.5) is 0 Å². The van der Waals surface area contributed by atoms with Crippen LogP contribution in [0.25, 0.3) is 0 Å². The number of benzene rings is 1. The van der Waals surface area contributed by atoms with Crippen molar-refractivity contribution in [1.82, 2.24) is 14.7 Å². The summed E-state index contributed by atoms with van der Waals surface area (Å²) in [5, 5.41) is -0.763. The highest BCUT2D eigenvalue weighted by Crippen LogP contribution is 2.30. The molecule has 2 rings (SSSR count). The second-order valence-corrected chi connectivity index (χ2v) is 8.22. The first-order valence-corrected chi connectivity index (χ1v) is 9.48. The lowest BCUT2D eigenvalue weighted by Crippen LogP contribution is -2.36. The van der Waals surface area contributed by atoms with E-state index in [0.717, 1.165) is 0 Å². The van der Waals surface area contributed by atoms with Crippen LogP contribution in [-0.2, 0) is 10.0 Å². The van der Waals surface area contributed by atoms with Gasteiger partial charge in [0.05, 0.1) is 17.4 Å². The van der Waals surface area contributed by atoms with Gasteiger partial charge in [0.1, 0.15) is 11.3 Å². The Morgan fingerprint density at radius 3 is 2.58 bits per heavy atom. The van der Waals surface area contributed by atoms with Crippen molar-refractivity contribution in [3.63, 3.8) is 0 Å². The lowest BCUT2D eigenvalue weighted by molar-refractivity contribution is 0.0979. The molecule has 0 radical (unpaired) electrons. The van der Waals surface area contributed by atoms with Crippen LogP contribution in [-0.4, -0.2) is 36.7 Å². The van der Waals surface area contributed by atoms with Crippen LogP contribution >= 0.6 is 11.6 Å². The number of nitrogens with one attached hydrogen (secondary N) is 1. The van der Waals surface area contributed by atoms with E-state index in [0.29, 0.717) is 5.69 Å². The Kier molecular flexibility index (Phi) is 6.04. The Labute approximate surface area is 156 Å². The van der Waals surface area contributed by atoms with E-state index in [1.807, 2.05) is 4.72 Å². The molecule has 10 heteroatoms. The van der Waals surface area contributed by atoms with Crippen LogP contribution < -0.4 is 14.2 Å². The van der Waals surface area contributed by atoms with Gasteiger partial charge < -0.3 is 9.47 Å². The molecule has 0 bridgehead atoms. The van der Waals surface area contributed by atoms with Crippen molar-refractivity contribution < 1.29 is 22.7 Å². The number of halogens is 1. The van der Waals surface area contributed by atoms with E-state index in [4.69, 9.17) is 21.1 Å². The number of nitrogens with zero attached hydrogens (tertiary/aromatic N) is 2. The van der Waals surface area contributed by atoms with E-state index < -0.39 is 21.2 Å². The van der Waals surface area contributed by atoms with Crippen molar-refractivity contribution in [2.24, 2.45) is 0 Å². The minimum atomic E-state index is -3.83. The Bertz CT molecular complexity index is 931. The van der Waals surface area contributed by atoms with E-state index in [1.165, 1.54) is 33.1 Å². The largest absolute Gasteiger partial charge is 0.481 e. The maximum atomic E-state index is 12.5. The predicted molar refractivity (Wildman–Crippen MR) is 96.4 cm³/mol. The van der Waals surface area contributed by atoms with E-state index >= 15 is 0 Å². The van der Waals surface area contributed by atoms with Gasteiger partial charge in [0.2, 0.25) is 15.9 Å². The third-order valence-electron chi connectivity index (χ3n) is 3.28. The van der Waals surface area contributed by atoms with Crippen LogP contribution in [0.2, 0.25) is 5.02 Å². The van der Waals surface area contributed by atoms with Gasteiger partial charge in [-0.2, -0.15) is 9.97 Å². The number of hydrogen-bond donors (Lipinski definition) is 1. The van der Waals surface area contributed by atoms with Gasteiger partial charge in [-0.05, 0) is 32.9 Å². The van der Waals surface area contributed by atoms with Gasteiger partial charge in [-0.3, -0.25) is 4.79 Å². The summed E-state index contributed by atoms with van der Waals surface area (Å²) >= 11 is 6.09. The summed E-state index contributed by atoms with van der Waals surface area (Å²) in [7, 11) is -2.39. The van der Waals surface area contributed by atoms with Crippen LogP contribution in [0.3, 0.4) is 0 Å². The number of carbonyl (C=O) groups excluding carboxylic acids is 1. The topological polar surface area (TPSA) is 107 Å². The number of aryl methyl sites for hydroxylation is 1. The minimum Gasteiger partial charge on any atom is -0.481 e. The molecule has 0 saturated heterocycles. The summed E-state index contributed by atoms with van der Waals surface area (Å²) in [6.07, 6.45) is 0. The van der Waals surface area contributed by atoms with Crippen LogP contribution in [0.15, 0.2) is 24.3 Å². The zero-order valence-corrected chi connectivity index (χ0v) is 16.2. The third-order valence-corrected chi connectivity index (χ3v) is 5.30. The van der Waals surface area contributed by atoms with E-state index in [1.54, 1.807) is 19.1 Å². The molecular formula is C16H18ClN3O5S. The molecule has 0 atom stereocenters. The van der Waals surface area contributed by atoms with Crippen LogP contribution in [0, 0.1) is 6.92 Å². The molecule has 1 amide bonds. The number of methoxy groups -OCH3 is 1. The summed E-state index contributed by atoms with van der Waals surface area (Å²) in [6.45, 7) is 4.62. The molecule has 140 valence electrons. The Hall–Kier alpha value is -2.39. The van der Waals surface area contributed by atoms with Crippen molar-refractivity contribution in [3.05, 3.63) is 40.5 Å². The van der Waals surface area contributed by atoms with Crippen molar-refractivity contribution in [2.45, 2.75) is 26.0 Å². The molecule has 1 aromatic carbocycles. The Morgan fingerprint density at radius 2 is 1.96 bits per heavy atom. The number of hydrogen-bond acceptors (Lipinski definition) is 7. The van der Waals surface area contributed by atoms with Crippen molar-refractivity contribution in [1.29, 1.82) is 0 Å². The number of carbonyl (C=O) groups is 1. The molecule has 0 unspecified atom stereocenters. The van der Waals surface area contributed by atoms with E-state index in [2.05, 4.69) is 9.97 Å². The highest BCUT2D eigenvalue weighted by molar-refractivity contribution is 7.90. The predicted octanol–water partition coefficient (Wildman–Crippen LogP) is 2.71. The van der Waals surface area contributed by atoms with Gasteiger partial charge >= 0.3 is 6.01 Å². The van der Waals surface area contributed by atoms with Gasteiger partial charge in [0.25, 0.3) is 5.91 Å². The fourth-order valence-corrected chi connectivity index (χ4v) is 2.72. The molecule has 0 saturated carbocycles. The smallest absolute Gasteiger partial charge is 0.325 e. The zero-order valence-electron chi connectivity index (χ0n) is 14.6. The second kappa shape index (κ2) is 7.88. The Balaban J connectivity index is 2.41.